The number of thioether (sulfide) groups is 1. The van der Waals surface area contributed by atoms with Crippen LogP contribution in [0.3, 0.4) is 0 Å². The van der Waals surface area contributed by atoms with Gasteiger partial charge in [-0.2, -0.15) is 0 Å². The Morgan fingerprint density at radius 1 is 1.09 bits per heavy atom. The maximum absolute atomic E-state index is 16.1. The van der Waals surface area contributed by atoms with Gasteiger partial charge in [0, 0.05) is 9.82 Å². The number of ether oxygens (including phenoxy) is 3. The molecule has 6 nitrogen and oxygen atoms in total. The minimum Gasteiger partial charge on any atom is -0.368 e. The Morgan fingerprint density at radius 2 is 1.68 bits per heavy atom. The second-order valence-electron chi connectivity index (χ2n) is 7.76. The van der Waals surface area contributed by atoms with Crippen molar-refractivity contribution in [3.8, 4) is 0 Å². The van der Waals surface area contributed by atoms with Gasteiger partial charge in [-0.25, -0.2) is 4.39 Å². The van der Waals surface area contributed by atoms with Crippen molar-refractivity contribution in [2.75, 3.05) is 6.54 Å². The predicted octanol–water partition coefficient (Wildman–Crippen LogP) is 6.74. The quantitative estimate of drug-likeness (QED) is 0.145. The molecular formula is C26H30FN3O3S. The molecule has 5 atom stereocenters. The number of alkyl halides is 1. The molecule has 0 N–H and O–H groups in total. The van der Waals surface area contributed by atoms with Crippen LogP contribution in [0.15, 0.2) is 89.4 Å². The Bertz CT molecular complexity index is 970. The zero-order valence-corrected chi connectivity index (χ0v) is 20.0. The van der Waals surface area contributed by atoms with Crippen LogP contribution >= 0.6 is 11.8 Å². The molecule has 1 saturated heterocycles. The lowest BCUT2D eigenvalue weighted by Gasteiger charge is -2.43. The molecule has 0 amide bonds. The topological polar surface area (TPSA) is 76.5 Å². The molecule has 1 aliphatic rings. The van der Waals surface area contributed by atoms with E-state index in [4.69, 9.17) is 19.7 Å². The highest BCUT2D eigenvalue weighted by Crippen LogP contribution is 2.38. The van der Waals surface area contributed by atoms with Crippen LogP contribution in [0, 0.1) is 0 Å². The molecule has 2 aromatic rings. The maximum atomic E-state index is 16.1. The Labute approximate surface area is 204 Å². The van der Waals surface area contributed by atoms with Gasteiger partial charge in [0.05, 0.1) is 25.9 Å². The van der Waals surface area contributed by atoms with Gasteiger partial charge in [-0.3, -0.25) is 0 Å². The van der Waals surface area contributed by atoms with Crippen molar-refractivity contribution in [2.24, 2.45) is 5.11 Å². The molecule has 0 bridgehead atoms. The van der Waals surface area contributed by atoms with E-state index in [2.05, 4.69) is 16.6 Å². The van der Waals surface area contributed by atoms with Crippen molar-refractivity contribution in [3.05, 3.63) is 106 Å². The fraction of sp³-hybridized carbons (Fsp3) is 0.385. The second kappa shape index (κ2) is 13.9. The predicted molar refractivity (Wildman–Crippen MR) is 134 cm³/mol. The monoisotopic (exact) mass is 483 g/mol. The number of rotatable bonds is 12. The summed E-state index contributed by atoms with van der Waals surface area (Å²) in [6, 6.07) is 19.1. The molecule has 0 radical (unpaired) electrons. The summed E-state index contributed by atoms with van der Waals surface area (Å²) in [5.41, 5.74) is 10.0. The van der Waals surface area contributed by atoms with Crippen LogP contribution in [0.25, 0.3) is 10.4 Å². The lowest BCUT2D eigenvalue weighted by molar-refractivity contribution is -0.209. The van der Waals surface area contributed by atoms with E-state index < -0.39 is 29.9 Å². The summed E-state index contributed by atoms with van der Waals surface area (Å²) in [5, 5.41) is 3.65. The van der Waals surface area contributed by atoms with Crippen LogP contribution < -0.4 is 0 Å². The number of hydrogen-bond acceptors (Lipinski definition) is 5. The molecule has 0 aromatic heterocycles. The summed E-state index contributed by atoms with van der Waals surface area (Å²) in [6.07, 6.45) is 0.434. The first-order valence-electron chi connectivity index (χ1n) is 11.3. The fourth-order valence-electron chi connectivity index (χ4n) is 3.65. The Kier molecular flexibility index (Phi) is 10.7. The van der Waals surface area contributed by atoms with Crippen molar-refractivity contribution < 1.29 is 18.6 Å². The highest BCUT2D eigenvalue weighted by molar-refractivity contribution is 8.03. The smallest absolute Gasteiger partial charge is 0.158 e. The van der Waals surface area contributed by atoms with Gasteiger partial charge in [-0.1, -0.05) is 103 Å². The summed E-state index contributed by atoms with van der Waals surface area (Å²) in [4.78, 5) is 3.71. The van der Waals surface area contributed by atoms with Crippen LogP contribution in [0.1, 0.15) is 24.5 Å². The van der Waals surface area contributed by atoms with Gasteiger partial charge in [0.2, 0.25) is 0 Å². The highest BCUT2D eigenvalue weighted by atomic mass is 32.2. The van der Waals surface area contributed by atoms with E-state index in [-0.39, 0.29) is 19.8 Å². The summed E-state index contributed by atoms with van der Waals surface area (Å²) in [6.45, 7) is 6.28. The average molecular weight is 484 g/mol. The molecule has 180 valence electrons. The van der Waals surface area contributed by atoms with Crippen LogP contribution in [-0.4, -0.2) is 36.5 Å². The number of nitrogens with zero attached hydrogens (tertiary/aromatic N) is 3. The number of azide groups is 1. The van der Waals surface area contributed by atoms with E-state index in [0.29, 0.717) is 0 Å². The lowest BCUT2D eigenvalue weighted by Crippen LogP contribution is -2.57. The Balaban J connectivity index is 1.83. The average Bonchev–Trinajstić information content (AvgIpc) is 2.87. The van der Waals surface area contributed by atoms with Crippen LogP contribution in [-0.2, 0) is 27.4 Å². The van der Waals surface area contributed by atoms with Crippen LogP contribution in [0.5, 0.6) is 0 Å². The first kappa shape index (κ1) is 26.0. The number of hydrogen-bond donors (Lipinski definition) is 0. The molecule has 0 unspecified atom stereocenters. The van der Waals surface area contributed by atoms with Gasteiger partial charge in [-0.05, 0) is 23.1 Å². The number of halogens is 1. The fourth-order valence-corrected chi connectivity index (χ4v) is 4.83. The molecular weight excluding hydrogens is 453 g/mol. The largest absolute Gasteiger partial charge is 0.368 e. The van der Waals surface area contributed by atoms with E-state index >= 15 is 4.39 Å². The summed E-state index contributed by atoms with van der Waals surface area (Å²) >= 11 is 1.36. The van der Waals surface area contributed by atoms with E-state index in [0.717, 1.165) is 22.5 Å². The molecule has 0 aliphatic carbocycles. The van der Waals surface area contributed by atoms with Gasteiger partial charge >= 0.3 is 0 Å². The molecule has 34 heavy (non-hydrogen) atoms. The third kappa shape index (κ3) is 7.45. The molecule has 1 aliphatic heterocycles. The van der Waals surface area contributed by atoms with E-state index in [1.165, 1.54) is 11.8 Å². The maximum Gasteiger partial charge on any atom is 0.158 e. The van der Waals surface area contributed by atoms with Crippen molar-refractivity contribution in [1.29, 1.82) is 0 Å². The molecule has 0 spiro atoms. The molecule has 2 aromatic carbocycles. The lowest BCUT2D eigenvalue weighted by atomic mass is 10.0. The van der Waals surface area contributed by atoms with Crippen molar-refractivity contribution in [1.82, 2.24) is 0 Å². The van der Waals surface area contributed by atoms with Crippen molar-refractivity contribution in [3.63, 3.8) is 0 Å². The molecule has 3 rings (SSSR count). The number of allylic oxidation sites excluding steroid dienone is 2. The Morgan fingerprint density at radius 3 is 2.21 bits per heavy atom. The SMILES string of the molecule is C=C/C(=C\CC)S[C@@H]1O[C@H](CN=[N+]=[N-])[C@@H](OCc2ccccc2)[C@H](F)[C@H]1OCc1ccccc1. The minimum absolute atomic E-state index is 0.0419. The van der Waals surface area contributed by atoms with Gasteiger partial charge in [0.1, 0.15) is 17.6 Å². The van der Waals surface area contributed by atoms with E-state index in [9.17, 15) is 0 Å². The van der Waals surface area contributed by atoms with Gasteiger partial charge in [0.25, 0.3) is 0 Å². The molecule has 1 fully saturated rings. The number of benzene rings is 2. The third-order valence-corrected chi connectivity index (χ3v) is 6.54. The van der Waals surface area contributed by atoms with Crippen LogP contribution in [0.4, 0.5) is 4.39 Å². The highest BCUT2D eigenvalue weighted by Gasteiger charge is 2.48. The molecule has 1 heterocycles. The van der Waals surface area contributed by atoms with Gasteiger partial charge < -0.3 is 14.2 Å². The summed E-state index contributed by atoms with van der Waals surface area (Å²) in [7, 11) is 0. The van der Waals surface area contributed by atoms with E-state index in [1.54, 1.807) is 6.08 Å². The first-order valence-corrected chi connectivity index (χ1v) is 12.1. The zero-order chi connectivity index (χ0) is 24.2. The van der Waals surface area contributed by atoms with Crippen LogP contribution in [0.2, 0.25) is 0 Å². The van der Waals surface area contributed by atoms with Crippen molar-refractivity contribution in [2.45, 2.75) is 56.5 Å². The summed E-state index contributed by atoms with van der Waals surface area (Å²) < 4.78 is 34.4. The zero-order valence-electron chi connectivity index (χ0n) is 19.2. The normalized spacial score (nSPS) is 24.9. The second-order valence-corrected chi connectivity index (χ2v) is 8.93. The Hall–Kier alpha value is -2.61. The standard InChI is InChI=1S/C26H30FN3O3S/c1-3-11-21(4-2)34-26-25(32-18-20-14-9-6-10-15-20)23(27)24(22(33-26)16-29-30-28)31-17-19-12-7-5-8-13-19/h4-15,22-26H,2-3,16-18H2,1H3/b21-11+/t22-,23+,24-,25-,26+/m1/s1. The van der Waals surface area contributed by atoms with Gasteiger partial charge in [-0.15, -0.1) is 0 Å². The third-order valence-electron chi connectivity index (χ3n) is 5.33. The molecule has 8 heteroatoms. The van der Waals surface area contributed by atoms with Gasteiger partial charge in [0.15, 0.2) is 6.17 Å². The first-order chi connectivity index (χ1) is 16.7. The van der Waals surface area contributed by atoms with Crippen molar-refractivity contribution >= 4 is 11.8 Å². The molecule has 0 saturated carbocycles. The summed E-state index contributed by atoms with van der Waals surface area (Å²) in [5.74, 6) is 0. The van der Waals surface area contributed by atoms with E-state index in [1.807, 2.05) is 73.7 Å². The minimum atomic E-state index is -1.50.